The second-order valence-corrected chi connectivity index (χ2v) is 7.32. The Morgan fingerprint density at radius 1 is 1.35 bits per heavy atom. The summed E-state index contributed by atoms with van der Waals surface area (Å²) in [5, 5.41) is 7.79. The molecule has 164 valence electrons. The smallest absolute Gasteiger partial charge is 0.351 e. The molecule has 0 bridgehead atoms. The number of amidine groups is 1. The van der Waals surface area contributed by atoms with E-state index in [1.54, 1.807) is 16.8 Å². The lowest BCUT2D eigenvalue weighted by Gasteiger charge is -2.24. The Bertz CT molecular complexity index is 1030. The Morgan fingerprint density at radius 2 is 2.26 bits per heavy atom. The monoisotopic (exact) mass is 426 g/mol. The van der Waals surface area contributed by atoms with Crippen molar-refractivity contribution >= 4 is 12.1 Å². The van der Waals surface area contributed by atoms with Gasteiger partial charge in [-0.15, -0.1) is 0 Å². The first-order valence-corrected chi connectivity index (χ1v) is 10.4. The fourth-order valence-corrected chi connectivity index (χ4v) is 3.55. The van der Waals surface area contributed by atoms with E-state index in [9.17, 15) is 4.79 Å². The van der Waals surface area contributed by atoms with Crippen LogP contribution in [0.5, 0.6) is 11.6 Å². The number of aryl methyl sites for hydroxylation is 1. The molecule has 1 saturated heterocycles. The van der Waals surface area contributed by atoms with Crippen molar-refractivity contribution in [1.29, 1.82) is 5.41 Å². The lowest BCUT2D eigenvalue weighted by Crippen LogP contribution is -2.34. The molecule has 2 aliphatic heterocycles. The van der Waals surface area contributed by atoms with Crippen molar-refractivity contribution in [2.45, 2.75) is 32.4 Å². The van der Waals surface area contributed by atoms with Crippen molar-refractivity contribution in [3.05, 3.63) is 40.3 Å². The average Bonchev–Trinajstić information content (AvgIpc) is 2.80. The van der Waals surface area contributed by atoms with Crippen molar-refractivity contribution in [3.63, 3.8) is 0 Å². The molecule has 4 rings (SSSR count). The molecular formula is C22H26N4O5. The van der Waals surface area contributed by atoms with E-state index in [1.807, 2.05) is 25.1 Å². The largest absolute Gasteiger partial charge is 0.486 e. The van der Waals surface area contributed by atoms with Crippen LogP contribution in [0.25, 0.3) is 11.3 Å². The number of hydrogen-bond donors (Lipinski definition) is 1. The van der Waals surface area contributed by atoms with Crippen molar-refractivity contribution in [3.8, 4) is 22.9 Å². The highest BCUT2D eigenvalue weighted by atomic mass is 16.6. The Hall–Kier alpha value is -3.04. The maximum atomic E-state index is 12.5. The van der Waals surface area contributed by atoms with Crippen molar-refractivity contribution < 1.29 is 18.9 Å². The summed E-state index contributed by atoms with van der Waals surface area (Å²) in [6.07, 6.45) is 3.00. The second kappa shape index (κ2) is 9.84. The highest BCUT2D eigenvalue weighted by molar-refractivity contribution is 5.88. The van der Waals surface area contributed by atoms with Crippen LogP contribution in [0, 0.1) is 5.41 Å². The van der Waals surface area contributed by atoms with Gasteiger partial charge < -0.3 is 18.9 Å². The van der Waals surface area contributed by atoms with Crippen LogP contribution in [0.15, 0.2) is 34.1 Å². The number of benzene rings is 1. The molecule has 1 N–H and O–H groups in total. The molecule has 0 amide bonds. The van der Waals surface area contributed by atoms with Gasteiger partial charge in [0.05, 0.1) is 25.5 Å². The molecule has 1 aromatic heterocycles. The summed E-state index contributed by atoms with van der Waals surface area (Å²) >= 11 is 0. The summed E-state index contributed by atoms with van der Waals surface area (Å²) in [7, 11) is 0. The van der Waals surface area contributed by atoms with Gasteiger partial charge in [0.15, 0.2) is 5.84 Å². The number of rotatable bonds is 7. The molecular weight excluding hydrogens is 400 g/mol. The molecule has 0 radical (unpaired) electrons. The molecule has 9 nitrogen and oxygen atoms in total. The third kappa shape index (κ3) is 5.18. The van der Waals surface area contributed by atoms with Gasteiger partial charge in [-0.3, -0.25) is 9.98 Å². The number of nitrogens with one attached hydrogen (secondary N) is 1. The summed E-state index contributed by atoms with van der Waals surface area (Å²) < 4.78 is 24.0. The lowest BCUT2D eigenvalue weighted by atomic mass is 9.97. The minimum Gasteiger partial charge on any atom is -0.486 e. The third-order valence-corrected chi connectivity index (χ3v) is 5.05. The van der Waals surface area contributed by atoms with Gasteiger partial charge >= 0.3 is 5.69 Å². The van der Waals surface area contributed by atoms with E-state index in [0.717, 1.165) is 23.2 Å². The van der Waals surface area contributed by atoms with Crippen LogP contribution in [0.3, 0.4) is 0 Å². The van der Waals surface area contributed by atoms with E-state index in [1.165, 1.54) is 0 Å². The molecule has 1 atom stereocenters. The van der Waals surface area contributed by atoms with E-state index in [-0.39, 0.29) is 36.7 Å². The molecule has 0 spiro atoms. The van der Waals surface area contributed by atoms with Crippen molar-refractivity contribution in [2.75, 3.05) is 33.0 Å². The zero-order valence-corrected chi connectivity index (χ0v) is 17.5. The van der Waals surface area contributed by atoms with E-state index < -0.39 is 0 Å². The van der Waals surface area contributed by atoms with E-state index >= 15 is 0 Å². The average molecular weight is 426 g/mol. The highest BCUT2D eigenvalue weighted by Crippen LogP contribution is 2.32. The molecule has 1 fully saturated rings. The standard InChI is InChI=1S/C22H26N4O5/c1-2-6-24-20(23)14-30-16-3-4-18-15(10-16)5-7-26-19(18)11-21(25-22(26)27)31-13-17-12-28-8-9-29-17/h3-4,6,10-11,17,23H,2,5,7-9,12-14H2,1H3. The maximum Gasteiger partial charge on any atom is 0.351 e. The predicted molar refractivity (Wildman–Crippen MR) is 116 cm³/mol. The number of aromatic nitrogens is 2. The first-order chi connectivity index (χ1) is 15.1. The molecule has 2 aromatic rings. The number of ether oxygens (including phenoxy) is 4. The SMILES string of the molecule is CCC=NC(=N)COc1ccc2c(c1)CCn1c-2cc(OCC2COCCO2)nc1=O. The van der Waals surface area contributed by atoms with Gasteiger partial charge in [-0.25, -0.2) is 9.79 Å². The van der Waals surface area contributed by atoms with Crippen LogP contribution < -0.4 is 15.2 Å². The molecule has 9 heteroatoms. The van der Waals surface area contributed by atoms with Gasteiger partial charge in [0.1, 0.15) is 25.1 Å². The Kier molecular flexibility index (Phi) is 6.73. The second-order valence-electron chi connectivity index (χ2n) is 7.32. The van der Waals surface area contributed by atoms with E-state index in [4.69, 9.17) is 24.4 Å². The minimum absolute atomic E-state index is 0.111. The lowest BCUT2D eigenvalue weighted by molar-refractivity contribution is -0.102. The Balaban J connectivity index is 1.49. The molecule has 0 aliphatic carbocycles. The van der Waals surface area contributed by atoms with Crippen molar-refractivity contribution in [2.24, 2.45) is 4.99 Å². The fraction of sp³-hybridized carbons (Fsp3) is 0.455. The van der Waals surface area contributed by atoms with Gasteiger partial charge in [0, 0.05) is 24.4 Å². The highest BCUT2D eigenvalue weighted by Gasteiger charge is 2.21. The minimum atomic E-state index is -0.332. The predicted octanol–water partition coefficient (Wildman–Crippen LogP) is 2.10. The molecule has 1 unspecified atom stereocenters. The Morgan fingerprint density at radius 3 is 3.06 bits per heavy atom. The van der Waals surface area contributed by atoms with Crippen LogP contribution in [-0.4, -0.2) is 60.7 Å². The van der Waals surface area contributed by atoms with Crippen LogP contribution in [0.2, 0.25) is 0 Å². The van der Waals surface area contributed by atoms with E-state index in [0.29, 0.717) is 38.5 Å². The molecule has 3 heterocycles. The zero-order valence-electron chi connectivity index (χ0n) is 17.5. The number of hydrogen-bond acceptors (Lipinski definition) is 7. The van der Waals surface area contributed by atoms with Gasteiger partial charge in [-0.05, 0) is 36.6 Å². The van der Waals surface area contributed by atoms with Gasteiger partial charge in [-0.1, -0.05) is 6.92 Å². The molecule has 1 aromatic carbocycles. The van der Waals surface area contributed by atoms with Gasteiger partial charge in [0.2, 0.25) is 5.88 Å². The van der Waals surface area contributed by atoms with Crippen LogP contribution >= 0.6 is 0 Å². The van der Waals surface area contributed by atoms with Gasteiger partial charge in [-0.2, -0.15) is 4.98 Å². The summed E-state index contributed by atoms with van der Waals surface area (Å²) in [5.74, 6) is 1.13. The molecule has 2 aliphatic rings. The fourth-order valence-electron chi connectivity index (χ4n) is 3.55. The van der Waals surface area contributed by atoms with Crippen LogP contribution in [0.1, 0.15) is 18.9 Å². The normalized spacial score (nSPS) is 17.8. The first kappa shape index (κ1) is 21.2. The van der Waals surface area contributed by atoms with Gasteiger partial charge in [0.25, 0.3) is 0 Å². The zero-order chi connectivity index (χ0) is 21.6. The molecule has 31 heavy (non-hydrogen) atoms. The summed E-state index contributed by atoms with van der Waals surface area (Å²) in [6, 6.07) is 7.51. The summed E-state index contributed by atoms with van der Waals surface area (Å²) in [6.45, 7) is 4.49. The maximum absolute atomic E-state index is 12.5. The molecule has 0 saturated carbocycles. The van der Waals surface area contributed by atoms with E-state index in [2.05, 4.69) is 9.98 Å². The summed E-state index contributed by atoms with van der Waals surface area (Å²) in [5.41, 5.74) is 2.45. The third-order valence-electron chi connectivity index (χ3n) is 5.05. The quantitative estimate of drug-likeness (QED) is 0.537. The first-order valence-electron chi connectivity index (χ1n) is 10.4. The van der Waals surface area contributed by atoms with Crippen LogP contribution in [-0.2, 0) is 22.4 Å². The number of fused-ring (bicyclic) bond motifs is 3. The topological polar surface area (TPSA) is 108 Å². The Labute approximate surface area is 180 Å². The van der Waals surface area contributed by atoms with Crippen molar-refractivity contribution in [1.82, 2.24) is 9.55 Å². The number of aliphatic imine (C=N–C) groups is 1. The summed E-state index contributed by atoms with van der Waals surface area (Å²) in [4.78, 5) is 20.6. The number of nitrogens with zero attached hydrogens (tertiary/aromatic N) is 3. The van der Waals surface area contributed by atoms with Crippen LogP contribution in [0.4, 0.5) is 0 Å².